The van der Waals surface area contributed by atoms with Crippen molar-refractivity contribution in [3.05, 3.63) is 87.9 Å². The summed E-state index contributed by atoms with van der Waals surface area (Å²) in [5, 5.41) is 8.63. The molecule has 4 rings (SSSR count). The van der Waals surface area contributed by atoms with Crippen molar-refractivity contribution in [3.8, 4) is 0 Å². The van der Waals surface area contributed by atoms with Crippen LogP contribution in [0, 0.1) is 11.8 Å². The van der Waals surface area contributed by atoms with Gasteiger partial charge in [0, 0.05) is 43.9 Å². The van der Waals surface area contributed by atoms with Gasteiger partial charge >= 0.3 is 12.1 Å². The van der Waals surface area contributed by atoms with Crippen molar-refractivity contribution in [1.82, 2.24) is 25.4 Å². The summed E-state index contributed by atoms with van der Waals surface area (Å²) in [6.07, 6.45) is 4.53. The van der Waals surface area contributed by atoms with Crippen LogP contribution in [-0.4, -0.2) is 89.4 Å². The highest BCUT2D eigenvalue weighted by atomic mass is 32.1. The molecule has 2 heterocycles. The lowest BCUT2D eigenvalue weighted by Crippen LogP contribution is -2.59. The minimum Gasteiger partial charge on any atom is -0.469 e. The highest BCUT2D eigenvalue weighted by Crippen LogP contribution is 2.24. The number of amides is 4. The third kappa shape index (κ3) is 12.9. The van der Waals surface area contributed by atoms with Crippen LogP contribution in [0.2, 0.25) is 0 Å². The molecule has 5 atom stereocenters. The first-order chi connectivity index (χ1) is 26.9. The number of thiazole rings is 1. The molecule has 1 aliphatic heterocycles. The second-order valence-electron chi connectivity index (χ2n) is 15.0. The van der Waals surface area contributed by atoms with Crippen LogP contribution in [0.3, 0.4) is 0 Å². The zero-order chi connectivity index (χ0) is 40.6. The van der Waals surface area contributed by atoms with Crippen LogP contribution >= 0.6 is 11.3 Å². The van der Waals surface area contributed by atoms with Gasteiger partial charge in [-0.2, -0.15) is 0 Å². The lowest BCUT2D eigenvalue weighted by molar-refractivity contribution is -0.141. The molecule has 12 nitrogen and oxygen atoms in total. The van der Waals surface area contributed by atoms with Crippen LogP contribution < -0.4 is 10.6 Å². The number of carbonyl (C=O) groups is 5. The number of piperidine rings is 1. The van der Waals surface area contributed by atoms with Gasteiger partial charge in [-0.15, -0.1) is 11.3 Å². The Morgan fingerprint density at radius 2 is 1.62 bits per heavy atom. The van der Waals surface area contributed by atoms with Crippen LogP contribution in [0.15, 0.2) is 66.0 Å². The molecule has 304 valence electrons. The van der Waals surface area contributed by atoms with Crippen molar-refractivity contribution in [1.29, 1.82) is 0 Å². The van der Waals surface area contributed by atoms with Crippen LogP contribution in [0.1, 0.15) is 99.3 Å². The first-order valence-corrected chi connectivity index (χ1v) is 20.7. The minimum absolute atomic E-state index is 0.0988. The van der Waals surface area contributed by atoms with Gasteiger partial charge in [0.15, 0.2) is 0 Å². The molecule has 0 aliphatic carbocycles. The van der Waals surface area contributed by atoms with E-state index in [1.807, 2.05) is 74.5 Å². The fourth-order valence-corrected chi connectivity index (χ4v) is 7.89. The summed E-state index contributed by atoms with van der Waals surface area (Å²) in [4.78, 5) is 74.4. The minimum atomic E-state index is -0.777. The van der Waals surface area contributed by atoms with Crippen LogP contribution in [0.25, 0.3) is 0 Å². The molecular formula is C43H59N5O7S. The molecule has 1 saturated heterocycles. The van der Waals surface area contributed by atoms with Gasteiger partial charge in [0.1, 0.15) is 24.4 Å². The van der Waals surface area contributed by atoms with E-state index in [-0.39, 0.29) is 60.6 Å². The van der Waals surface area contributed by atoms with Gasteiger partial charge in [-0.1, -0.05) is 94.8 Å². The summed E-state index contributed by atoms with van der Waals surface area (Å²) in [5.74, 6) is -1.22. The van der Waals surface area contributed by atoms with Gasteiger partial charge in [0.2, 0.25) is 11.8 Å². The molecule has 1 fully saturated rings. The number of nitrogens with zero attached hydrogens (tertiary/aromatic N) is 3. The number of hydrogen-bond acceptors (Lipinski definition) is 9. The largest absolute Gasteiger partial charge is 0.469 e. The number of aryl methyl sites for hydroxylation is 1. The average Bonchev–Trinajstić information content (AvgIpc) is 3.70. The maximum absolute atomic E-state index is 14.2. The topological polar surface area (TPSA) is 147 Å². The zero-order valence-corrected chi connectivity index (χ0v) is 34.5. The number of carbonyl (C=O) groups excluding carboxylic acids is 5. The summed E-state index contributed by atoms with van der Waals surface area (Å²) in [7, 11) is 3.13. The van der Waals surface area contributed by atoms with Gasteiger partial charge in [0.05, 0.1) is 12.1 Å². The summed E-state index contributed by atoms with van der Waals surface area (Å²) in [6.45, 7) is 8.60. The molecule has 56 heavy (non-hydrogen) atoms. The molecule has 2 N–H and O–H groups in total. The molecule has 0 radical (unpaired) electrons. The fourth-order valence-electron chi connectivity index (χ4n) is 7.09. The van der Waals surface area contributed by atoms with Crippen molar-refractivity contribution in [2.75, 3.05) is 20.7 Å². The Kier molecular flexibility index (Phi) is 17.3. The Morgan fingerprint density at radius 1 is 0.946 bits per heavy atom. The SMILES string of the molecule is CC[C@H](C)[C@H](NC(=O)[C@H]1CCCCN1C(=O)OCc1ccccc1)C(=O)N(C)[C@H](CCc1nc(C(=O)N[C@H](CCC(=O)OC)Cc2ccccc2)cs1)C(C)C. The molecule has 0 saturated carbocycles. The van der Waals surface area contributed by atoms with Crippen LogP contribution in [0.4, 0.5) is 4.79 Å². The Balaban J connectivity index is 1.38. The van der Waals surface area contributed by atoms with Crippen molar-refractivity contribution >= 4 is 41.1 Å². The van der Waals surface area contributed by atoms with Gasteiger partial charge in [-0.3, -0.25) is 24.1 Å². The number of methoxy groups -OCH3 is 1. The fraction of sp³-hybridized carbons (Fsp3) is 0.535. The molecule has 1 aromatic heterocycles. The summed E-state index contributed by atoms with van der Waals surface area (Å²) in [6, 6.07) is 17.3. The summed E-state index contributed by atoms with van der Waals surface area (Å²) >= 11 is 1.40. The maximum Gasteiger partial charge on any atom is 0.410 e. The molecule has 3 aromatic rings. The summed E-state index contributed by atoms with van der Waals surface area (Å²) in [5.41, 5.74) is 2.22. The first-order valence-electron chi connectivity index (χ1n) is 19.8. The number of rotatable bonds is 19. The van der Waals surface area contributed by atoms with Gasteiger partial charge in [-0.05, 0) is 61.5 Å². The quantitative estimate of drug-likeness (QED) is 0.130. The van der Waals surface area contributed by atoms with E-state index < -0.39 is 18.2 Å². The molecule has 0 unspecified atom stereocenters. The van der Waals surface area contributed by atoms with E-state index in [1.165, 1.54) is 23.3 Å². The molecule has 13 heteroatoms. The second-order valence-corrected chi connectivity index (χ2v) is 16.0. The number of nitrogens with one attached hydrogen (secondary N) is 2. The summed E-state index contributed by atoms with van der Waals surface area (Å²) < 4.78 is 10.4. The normalized spacial score (nSPS) is 16.3. The van der Waals surface area contributed by atoms with Gasteiger partial charge < -0.3 is 25.0 Å². The maximum atomic E-state index is 14.2. The van der Waals surface area contributed by atoms with E-state index >= 15 is 0 Å². The van der Waals surface area contributed by atoms with Crippen molar-refractivity contribution in [2.45, 2.75) is 116 Å². The van der Waals surface area contributed by atoms with Crippen molar-refractivity contribution in [2.24, 2.45) is 11.8 Å². The van der Waals surface area contributed by atoms with E-state index in [0.29, 0.717) is 50.8 Å². The number of benzene rings is 2. The van der Waals surface area contributed by atoms with E-state index in [4.69, 9.17) is 9.47 Å². The zero-order valence-electron chi connectivity index (χ0n) is 33.7. The van der Waals surface area contributed by atoms with Gasteiger partial charge in [-0.25, -0.2) is 9.78 Å². The molecule has 1 aliphatic rings. The highest BCUT2D eigenvalue weighted by Gasteiger charge is 2.38. The van der Waals surface area contributed by atoms with E-state index in [0.717, 1.165) is 29.0 Å². The van der Waals surface area contributed by atoms with E-state index in [1.54, 1.807) is 17.3 Å². The Labute approximate surface area is 335 Å². The van der Waals surface area contributed by atoms with E-state index in [2.05, 4.69) is 29.5 Å². The molecule has 0 spiro atoms. The van der Waals surface area contributed by atoms with E-state index in [9.17, 15) is 24.0 Å². The van der Waals surface area contributed by atoms with Crippen molar-refractivity contribution < 1.29 is 33.4 Å². The number of aromatic nitrogens is 1. The smallest absolute Gasteiger partial charge is 0.410 e. The monoisotopic (exact) mass is 789 g/mol. The Bertz CT molecular complexity index is 1720. The highest BCUT2D eigenvalue weighted by molar-refractivity contribution is 7.09. The third-order valence-electron chi connectivity index (χ3n) is 10.7. The Hall–Kier alpha value is -4.78. The molecular weight excluding hydrogens is 731 g/mol. The predicted octanol–water partition coefficient (Wildman–Crippen LogP) is 6.58. The van der Waals surface area contributed by atoms with Crippen LogP contribution in [0.5, 0.6) is 0 Å². The van der Waals surface area contributed by atoms with Crippen LogP contribution in [-0.2, 0) is 43.3 Å². The molecule has 2 aromatic carbocycles. The lowest BCUT2D eigenvalue weighted by atomic mass is 9.93. The standard InChI is InChI=1S/C43H59N5O7S/c1-7-30(4)39(46-41(51)36-20-14-15-25-48(36)43(53)55-27-32-18-12-9-13-19-32)42(52)47(5)35(29(2)3)22-23-37-45-34(28-56-37)40(50)44-33(21-24-38(49)54-6)26-31-16-10-8-11-17-31/h8-13,16-19,28-30,33,35-36,39H,7,14-15,20-27H2,1-6H3,(H,44,50)(H,46,51)/t30-,33+,35+,36+,39-/m0/s1. The lowest BCUT2D eigenvalue weighted by Gasteiger charge is -2.38. The van der Waals surface area contributed by atoms with Gasteiger partial charge in [0.25, 0.3) is 5.91 Å². The molecule has 0 bridgehead atoms. The number of esters is 1. The number of hydrogen-bond donors (Lipinski definition) is 2. The second kappa shape index (κ2) is 22.1. The van der Waals surface area contributed by atoms with Crippen molar-refractivity contribution in [3.63, 3.8) is 0 Å². The Morgan fingerprint density at radius 3 is 2.27 bits per heavy atom. The number of likely N-dealkylation sites (tertiary alicyclic amines) is 1. The number of likely N-dealkylation sites (N-methyl/N-ethyl adjacent to an activating group) is 1. The predicted molar refractivity (Wildman–Crippen MR) is 217 cm³/mol. The first kappa shape index (κ1) is 43.9. The molecule has 4 amide bonds. The third-order valence-corrected chi connectivity index (χ3v) is 11.6. The average molecular weight is 790 g/mol. The number of ether oxygens (including phenoxy) is 2.